The fourth-order valence-corrected chi connectivity index (χ4v) is 4.25. The van der Waals surface area contributed by atoms with Crippen molar-refractivity contribution in [3.8, 4) is 0 Å². The van der Waals surface area contributed by atoms with Crippen LogP contribution in [0.15, 0.2) is 10.2 Å². The number of aliphatic hydroxyl groups excluding tert-OH is 1. The first-order valence-electron chi connectivity index (χ1n) is 16.7. The molecule has 3 rings (SSSR count). The quantitative estimate of drug-likeness (QED) is 0.0414. The molecule has 3 fully saturated rings. The van der Waals surface area contributed by atoms with Gasteiger partial charge >= 0.3 is 29.6 Å². The zero-order valence-corrected chi connectivity index (χ0v) is 32.4. The van der Waals surface area contributed by atoms with Crippen molar-refractivity contribution in [3.05, 3.63) is 20.9 Å². The van der Waals surface area contributed by atoms with Gasteiger partial charge in [-0.3, -0.25) is 4.18 Å². The van der Waals surface area contributed by atoms with Crippen molar-refractivity contribution >= 4 is 10.1 Å². The zero-order valence-electron chi connectivity index (χ0n) is 30.6. The summed E-state index contributed by atoms with van der Waals surface area (Å²) in [7, 11) is -3.35. The monoisotopic (exact) mass is 738 g/mol. The minimum absolute atomic E-state index is 0. The van der Waals surface area contributed by atoms with Gasteiger partial charge in [-0.05, 0) is 75.3 Å². The summed E-state index contributed by atoms with van der Waals surface area (Å²) in [6, 6.07) is 0. The molecule has 2 unspecified atom stereocenters. The predicted molar refractivity (Wildman–Crippen MR) is 178 cm³/mol. The van der Waals surface area contributed by atoms with Gasteiger partial charge in [-0.15, -0.1) is 0 Å². The first-order valence-corrected chi connectivity index (χ1v) is 18.5. The van der Waals surface area contributed by atoms with Crippen molar-refractivity contribution in [3.63, 3.8) is 0 Å². The molecule has 0 radical (unpaired) electrons. The van der Waals surface area contributed by atoms with Crippen LogP contribution < -0.4 is 29.6 Å². The van der Waals surface area contributed by atoms with Crippen molar-refractivity contribution < 1.29 is 86.6 Å². The van der Waals surface area contributed by atoms with Gasteiger partial charge in [0.25, 0.3) is 10.1 Å². The van der Waals surface area contributed by atoms with Crippen LogP contribution in [-0.2, 0) is 52.2 Å². The van der Waals surface area contributed by atoms with Crippen LogP contribution in [-0.4, -0.2) is 138 Å². The van der Waals surface area contributed by atoms with Crippen molar-refractivity contribution in [2.75, 3.05) is 112 Å². The molecule has 3 aliphatic heterocycles. The van der Waals surface area contributed by atoms with Gasteiger partial charge in [0.1, 0.15) is 0 Å². The summed E-state index contributed by atoms with van der Waals surface area (Å²) >= 11 is 0. The number of ether oxygens (including phenoxy) is 8. The molecule has 0 aliphatic carbocycles. The molecule has 0 amide bonds. The molecular weight excluding hydrogens is 679 g/mol. The number of aliphatic hydroxyl groups is 1. The van der Waals surface area contributed by atoms with Crippen LogP contribution in [0.3, 0.4) is 0 Å². The van der Waals surface area contributed by atoms with E-state index in [1.165, 1.54) is 25.7 Å². The summed E-state index contributed by atoms with van der Waals surface area (Å²) in [5.74, 6) is 0. The second-order valence-corrected chi connectivity index (χ2v) is 12.0. The van der Waals surface area contributed by atoms with Gasteiger partial charge in [0, 0.05) is 55.9 Å². The molecule has 3 heterocycles. The number of nitrogens with zero attached hydrogens (tertiary/aromatic N) is 6. The van der Waals surface area contributed by atoms with Crippen LogP contribution in [0.5, 0.6) is 0 Å². The van der Waals surface area contributed by atoms with Gasteiger partial charge in [0.05, 0.1) is 65.7 Å². The van der Waals surface area contributed by atoms with Crippen LogP contribution in [0.2, 0.25) is 0 Å². The van der Waals surface area contributed by atoms with Crippen molar-refractivity contribution in [1.82, 2.24) is 0 Å². The maximum absolute atomic E-state index is 10.3. The second kappa shape index (κ2) is 39.9. The standard InChI is InChI=1S/C12H23N3O4.C9H18O4.C4H9N3O3S.C4H8O.Na.H/c13-15-14-5-3-6-16-8-9-17-10-11-19-12-4-1-2-7-18-12;10-4-6-11-7-8-13-9-3-1-2-5-12-9;1-11(8,9)10-4-2-3-6-7-5;1-2-4-5-3-1;;/h12H,1-11H2;9-10H,1-8H2;2-4H2,1H3;1-4H2;;/q;;;;+1;-1. The molecule has 284 valence electrons. The predicted octanol–water partition coefficient (Wildman–Crippen LogP) is 1.38. The number of hydrogen-bond donors (Lipinski definition) is 1. The molecule has 3 saturated heterocycles. The SMILES string of the molecule is C1CCOC1.CS(=O)(=O)OCCCN=[N+]=[N-].OCCOCCOC1CCCCO1.[H-].[N-]=[N+]=NCCCOCCOCCOC1CCCCO1.[Na+]. The minimum atomic E-state index is -3.35. The zero-order chi connectivity index (χ0) is 35.2. The Hall–Kier alpha value is -0.830. The molecule has 0 aromatic heterocycles. The smallest absolute Gasteiger partial charge is 1.00 e. The third kappa shape index (κ3) is 41.5. The summed E-state index contributed by atoms with van der Waals surface area (Å²) in [6.45, 7) is 8.75. The maximum atomic E-state index is 10.3. The molecule has 0 spiro atoms. The Morgan fingerprint density at radius 2 is 1.14 bits per heavy atom. The molecule has 0 aromatic carbocycles. The fraction of sp³-hybridized carbons (Fsp3) is 1.00. The summed E-state index contributed by atoms with van der Waals surface area (Å²) in [6.07, 6.45) is 11.2. The summed E-state index contributed by atoms with van der Waals surface area (Å²) in [5.41, 5.74) is 15.9. The second-order valence-electron chi connectivity index (χ2n) is 10.4. The van der Waals surface area contributed by atoms with E-state index in [9.17, 15) is 8.42 Å². The third-order valence-corrected chi connectivity index (χ3v) is 6.74. The van der Waals surface area contributed by atoms with Crippen LogP contribution in [0.1, 0.15) is 65.6 Å². The summed E-state index contributed by atoms with van der Waals surface area (Å²) < 4.78 is 67.4. The summed E-state index contributed by atoms with van der Waals surface area (Å²) in [5, 5.41) is 15.0. The van der Waals surface area contributed by atoms with Gasteiger partial charge in [0.2, 0.25) is 0 Å². The Bertz CT molecular complexity index is 902. The Balaban J connectivity index is -0.000000626. The molecule has 49 heavy (non-hydrogen) atoms. The van der Waals surface area contributed by atoms with Gasteiger partial charge in [-0.2, -0.15) is 8.42 Å². The minimum Gasteiger partial charge on any atom is -1.00 e. The van der Waals surface area contributed by atoms with Crippen LogP contribution in [0.25, 0.3) is 20.9 Å². The van der Waals surface area contributed by atoms with E-state index >= 15 is 0 Å². The molecule has 0 bridgehead atoms. The maximum Gasteiger partial charge on any atom is 1.00 e. The number of azide groups is 2. The Labute approximate surface area is 315 Å². The largest absolute Gasteiger partial charge is 1.00 e. The van der Waals surface area contributed by atoms with E-state index in [4.69, 9.17) is 54.1 Å². The van der Waals surface area contributed by atoms with Crippen LogP contribution in [0, 0.1) is 0 Å². The molecule has 0 saturated carbocycles. The van der Waals surface area contributed by atoms with Gasteiger partial charge in [0.15, 0.2) is 12.6 Å². The Morgan fingerprint density at radius 1 is 0.694 bits per heavy atom. The summed E-state index contributed by atoms with van der Waals surface area (Å²) in [4.78, 5) is 5.15. The van der Waals surface area contributed by atoms with Gasteiger partial charge < -0.3 is 44.4 Å². The van der Waals surface area contributed by atoms with Crippen molar-refractivity contribution in [1.29, 1.82) is 0 Å². The normalized spacial score (nSPS) is 18.4. The average Bonchev–Trinajstić information content (AvgIpc) is 3.69. The van der Waals surface area contributed by atoms with Gasteiger partial charge in [-0.1, -0.05) is 10.2 Å². The molecule has 18 nitrogen and oxygen atoms in total. The van der Waals surface area contributed by atoms with E-state index in [0.29, 0.717) is 65.8 Å². The molecule has 3 aliphatic rings. The van der Waals surface area contributed by atoms with E-state index in [1.807, 2.05) is 0 Å². The third-order valence-electron chi connectivity index (χ3n) is 6.15. The fourth-order valence-electron chi connectivity index (χ4n) is 3.83. The number of hydrogen-bond acceptors (Lipinski definition) is 14. The first kappa shape index (κ1) is 50.3. The first-order chi connectivity index (χ1) is 23.4. The Kier molecular flexibility index (Phi) is 41.0. The van der Waals surface area contributed by atoms with E-state index in [-0.39, 0.29) is 63.3 Å². The van der Waals surface area contributed by atoms with Crippen LogP contribution in [0.4, 0.5) is 0 Å². The Morgan fingerprint density at radius 3 is 1.55 bits per heavy atom. The van der Waals surface area contributed by atoms with E-state index in [1.54, 1.807) is 0 Å². The molecule has 0 aromatic rings. The van der Waals surface area contributed by atoms with E-state index in [2.05, 4.69) is 24.2 Å². The molecule has 1 N–H and O–H groups in total. The van der Waals surface area contributed by atoms with E-state index in [0.717, 1.165) is 64.8 Å². The van der Waals surface area contributed by atoms with Gasteiger partial charge in [-0.25, -0.2) is 0 Å². The number of rotatable bonds is 22. The van der Waals surface area contributed by atoms with E-state index < -0.39 is 10.1 Å². The van der Waals surface area contributed by atoms with Crippen LogP contribution >= 0.6 is 0 Å². The molecular formula is C29H59N6NaO12S. The molecule has 2 atom stereocenters. The average molecular weight is 739 g/mol. The molecule has 20 heteroatoms. The van der Waals surface area contributed by atoms with Crippen molar-refractivity contribution in [2.45, 2.75) is 76.8 Å². The van der Waals surface area contributed by atoms with Crippen molar-refractivity contribution in [2.24, 2.45) is 10.2 Å². The topological polar surface area (TPSA) is 235 Å².